The maximum absolute atomic E-state index is 14.6. The van der Waals surface area contributed by atoms with E-state index in [1.165, 1.54) is 4.31 Å². The minimum absolute atomic E-state index is 0.127. The molecule has 1 aromatic heterocycles. The predicted octanol–water partition coefficient (Wildman–Crippen LogP) is 4.76. The van der Waals surface area contributed by atoms with Gasteiger partial charge in [-0.15, -0.1) is 0 Å². The van der Waals surface area contributed by atoms with Gasteiger partial charge in [-0.2, -0.15) is 13.5 Å². The number of alkyl halides is 4. The van der Waals surface area contributed by atoms with Crippen molar-refractivity contribution in [1.82, 2.24) is 14.0 Å². The number of aliphatic hydroxyl groups excluding tert-OH is 1. The minimum Gasteiger partial charge on any atom is -0.470 e. The van der Waals surface area contributed by atoms with Gasteiger partial charge in [-0.1, -0.05) is 23.2 Å². The Morgan fingerprint density at radius 3 is 2.50 bits per heavy atom. The van der Waals surface area contributed by atoms with Crippen molar-refractivity contribution in [1.29, 1.82) is 4.78 Å². The van der Waals surface area contributed by atoms with Crippen molar-refractivity contribution in [2.24, 2.45) is 0 Å². The van der Waals surface area contributed by atoms with Gasteiger partial charge in [0.05, 0.1) is 11.2 Å². The largest absolute Gasteiger partial charge is 0.470 e. The molecule has 0 radical (unpaired) electrons. The minimum atomic E-state index is -4.41. The van der Waals surface area contributed by atoms with Gasteiger partial charge in [0, 0.05) is 30.8 Å². The Morgan fingerprint density at radius 2 is 1.94 bits per heavy atom. The molecule has 2 heterocycles. The summed E-state index contributed by atoms with van der Waals surface area (Å²) in [6.07, 6.45) is -4.06. The molecule has 2 atom stereocenters. The first-order chi connectivity index (χ1) is 15.8. The van der Waals surface area contributed by atoms with E-state index in [-0.39, 0.29) is 21.5 Å². The summed E-state index contributed by atoms with van der Waals surface area (Å²) >= 11 is 11.9. The lowest BCUT2D eigenvalue weighted by atomic mass is 10.2. The van der Waals surface area contributed by atoms with Crippen LogP contribution in [0.4, 0.5) is 22.0 Å². The first-order valence-corrected chi connectivity index (χ1v) is 11.7. The van der Waals surface area contributed by atoms with E-state index in [9.17, 15) is 31.3 Å². The van der Waals surface area contributed by atoms with Crippen LogP contribution in [0.3, 0.4) is 0 Å². The highest BCUT2D eigenvalue weighted by atomic mass is 35.5. The van der Waals surface area contributed by atoms with Gasteiger partial charge in [0.2, 0.25) is 5.88 Å². The van der Waals surface area contributed by atoms with Crippen LogP contribution in [0.1, 0.15) is 18.2 Å². The molecule has 0 amide bonds. The highest BCUT2D eigenvalue weighted by molar-refractivity contribution is 7.88. The van der Waals surface area contributed by atoms with Crippen LogP contribution in [-0.4, -0.2) is 50.6 Å². The Labute approximate surface area is 200 Å². The first-order valence-electron chi connectivity index (χ1n) is 9.40. The van der Waals surface area contributed by atoms with Gasteiger partial charge in [-0.05, 0) is 12.5 Å². The normalized spacial score (nSPS) is 17.2. The van der Waals surface area contributed by atoms with E-state index in [4.69, 9.17) is 32.7 Å². The molecule has 0 spiro atoms. The van der Waals surface area contributed by atoms with Crippen LogP contribution < -0.4 is 14.2 Å². The van der Waals surface area contributed by atoms with E-state index in [1.807, 2.05) is 0 Å². The van der Waals surface area contributed by atoms with Crippen LogP contribution in [0.5, 0.6) is 17.4 Å². The van der Waals surface area contributed by atoms with Gasteiger partial charge in [0.15, 0.2) is 16.7 Å². The number of halogens is 7. The third-order valence-electron chi connectivity index (χ3n) is 4.53. The molecule has 0 bridgehead atoms. The summed E-state index contributed by atoms with van der Waals surface area (Å²) in [5.74, 6) is -6.35. The molecule has 1 aliphatic heterocycles. The summed E-state index contributed by atoms with van der Waals surface area (Å²) in [6.45, 7) is -0.866. The van der Waals surface area contributed by atoms with Crippen LogP contribution in [0.15, 0.2) is 24.4 Å². The number of nitrogens with one attached hydrogen (secondary N) is 2. The van der Waals surface area contributed by atoms with Crippen LogP contribution >= 0.6 is 23.2 Å². The van der Waals surface area contributed by atoms with Gasteiger partial charge in [-0.25, -0.2) is 31.4 Å². The fourth-order valence-corrected chi connectivity index (χ4v) is 4.36. The van der Waals surface area contributed by atoms with E-state index in [2.05, 4.69) is 14.4 Å². The fraction of sp³-hybridized carbons (Fsp3) is 0.389. The molecule has 0 saturated carbocycles. The lowest BCUT2D eigenvalue weighted by molar-refractivity contribution is -0.148. The first kappa shape index (κ1) is 26.6. The number of nitrogens with zero attached hydrogens (tertiary/aromatic N) is 2. The molecule has 34 heavy (non-hydrogen) atoms. The van der Waals surface area contributed by atoms with Crippen LogP contribution in [0.25, 0.3) is 0 Å². The smallest absolute Gasteiger partial charge is 0.340 e. The summed E-state index contributed by atoms with van der Waals surface area (Å²) in [6, 6.07) is 2.85. The Hall–Kier alpha value is -1.97. The SMILES string of the molecule is N=S(=O)(NC(O)c1cc(Cl)c(Oc2cnc(OCC(F)(F)C(F)F)c(Cl)c2)cc1F)N1CCC1. The molecule has 188 valence electrons. The summed E-state index contributed by atoms with van der Waals surface area (Å²) in [7, 11) is -3.52. The molecule has 1 fully saturated rings. The van der Waals surface area contributed by atoms with E-state index in [0.717, 1.165) is 30.8 Å². The number of rotatable bonds is 10. The number of aromatic nitrogens is 1. The topological polar surface area (TPSA) is 108 Å². The number of pyridine rings is 1. The maximum atomic E-state index is 14.6. The zero-order valence-corrected chi connectivity index (χ0v) is 19.2. The van der Waals surface area contributed by atoms with Crippen molar-refractivity contribution in [3.05, 3.63) is 45.8 Å². The Balaban J connectivity index is 1.71. The summed E-state index contributed by atoms with van der Waals surface area (Å²) in [5, 5.41) is 9.66. The number of aliphatic hydroxyl groups is 1. The van der Waals surface area contributed by atoms with Gasteiger partial charge in [0.1, 0.15) is 28.6 Å². The Morgan fingerprint density at radius 1 is 1.26 bits per heavy atom. The number of hydrogen-bond donors (Lipinski definition) is 3. The molecule has 1 aliphatic rings. The average Bonchev–Trinajstić information content (AvgIpc) is 2.67. The Bertz CT molecular complexity index is 1160. The second-order valence-corrected chi connectivity index (χ2v) is 9.66. The Kier molecular flexibility index (Phi) is 8.10. The molecular weight excluding hydrogens is 534 g/mol. The number of hydrogen-bond acceptors (Lipinski definition) is 6. The maximum Gasteiger partial charge on any atom is 0.340 e. The lowest BCUT2D eigenvalue weighted by Crippen LogP contribution is -2.48. The molecule has 1 aromatic carbocycles. The highest BCUT2D eigenvalue weighted by Gasteiger charge is 2.42. The molecule has 8 nitrogen and oxygen atoms in total. The lowest BCUT2D eigenvalue weighted by Gasteiger charge is -2.33. The predicted molar refractivity (Wildman–Crippen MR) is 112 cm³/mol. The second-order valence-electron chi connectivity index (χ2n) is 7.04. The van der Waals surface area contributed by atoms with E-state index in [0.29, 0.717) is 13.1 Å². The zero-order valence-electron chi connectivity index (χ0n) is 16.9. The van der Waals surface area contributed by atoms with Crippen molar-refractivity contribution in [2.45, 2.75) is 25.0 Å². The molecule has 1 saturated heterocycles. The monoisotopic (exact) mass is 550 g/mol. The standard InChI is InChI=1S/C18H17Cl2F5N4O4S/c19-11-5-10(15(30)28-34(26,31)29-2-1-3-29)13(21)6-14(11)33-9-4-12(20)16(27-7-9)32-8-18(24,25)17(22)23/h4-7,15,17,30H,1-3,8H2,(H2,26,28,31). The van der Waals surface area contributed by atoms with Gasteiger partial charge >= 0.3 is 12.3 Å². The number of ether oxygens (including phenoxy) is 2. The van der Waals surface area contributed by atoms with E-state index < -0.39 is 52.5 Å². The number of benzene rings is 1. The van der Waals surface area contributed by atoms with Crippen molar-refractivity contribution in [3.63, 3.8) is 0 Å². The zero-order chi connectivity index (χ0) is 25.3. The van der Waals surface area contributed by atoms with Crippen molar-refractivity contribution in [3.8, 4) is 17.4 Å². The second kappa shape index (κ2) is 10.3. The summed E-state index contributed by atoms with van der Waals surface area (Å²) < 4.78 is 98.4. The fourth-order valence-electron chi connectivity index (χ4n) is 2.59. The van der Waals surface area contributed by atoms with Gasteiger partial charge in [-0.3, -0.25) is 0 Å². The van der Waals surface area contributed by atoms with Crippen LogP contribution in [0, 0.1) is 10.6 Å². The van der Waals surface area contributed by atoms with Crippen molar-refractivity contribution in [2.75, 3.05) is 19.7 Å². The van der Waals surface area contributed by atoms with Crippen LogP contribution in [0.2, 0.25) is 10.0 Å². The molecule has 0 aliphatic carbocycles. The third kappa shape index (κ3) is 6.17. The summed E-state index contributed by atoms with van der Waals surface area (Å²) in [4.78, 5) is 3.60. The van der Waals surface area contributed by atoms with Crippen LogP contribution in [-0.2, 0) is 10.1 Å². The molecule has 16 heteroatoms. The molecule has 3 N–H and O–H groups in total. The van der Waals surface area contributed by atoms with Crippen molar-refractivity contribution < 1.29 is 40.7 Å². The van der Waals surface area contributed by atoms with E-state index in [1.54, 1.807) is 0 Å². The molecule has 2 aromatic rings. The highest BCUT2D eigenvalue weighted by Crippen LogP contribution is 2.36. The summed E-state index contributed by atoms with van der Waals surface area (Å²) in [5.41, 5.74) is -0.391. The molecule has 2 unspecified atom stereocenters. The average molecular weight is 551 g/mol. The quantitative estimate of drug-likeness (QED) is 0.292. The molecule has 3 rings (SSSR count). The molecular formula is C18H17Cl2F5N4O4S. The third-order valence-corrected chi connectivity index (χ3v) is 6.73. The van der Waals surface area contributed by atoms with Gasteiger partial charge in [0.25, 0.3) is 0 Å². The van der Waals surface area contributed by atoms with Crippen molar-refractivity contribution >= 4 is 33.3 Å². The van der Waals surface area contributed by atoms with E-state index >= 15 is 0 Å². The van der Waals surface area contributed by atoms with Gasteiger partial charge < -0.3 is 14.6 Å².